The van der Waals surface area contributed by atoms with Gasteiger partial charge in [0.25, 0.3) is 5.91 Å². The Hall–Kier alpha value is -0.550. The molecule has 1 aromatic heterocycles. The van der Waals surface area contributed by atoms with Crippen LogP contribution in [0, 0.1) is 0 Å². The third-order valence-corrected chi connectivity index (χ3v) is 5.12. The van der Waals surface area contributed by atoms with Crippen LogP contribution >= 0.6 is 27.7 Å². The van der Waals surface area contributed by atoms with Crippen LogP contribution in [0.3, 0.4) is 0 Å². The molecule has 1 N–H and O–H groups in total. The molecule has 1 amide bonds. The average Bonchev–Trinajstić information content (AvgIpc) is 2.78. The molecule has 0 aromatic carbocycles. The summed E-state index contributed by atoms with van der Waals surface area (Å²) in [4.78, 5) is 16.2. The van der Waals surface area contributed by atoms with Crippen molar-refractivity contribution in [1.29, 1.82) is 0 Å². The fraction of sp³-hybridized carbons (Fsp3) is 0.538. The van der Waals surface area contributed by atoms with Crippen molar-refractivity contribution in [1.82, 2.24) is 10.3 Å². The van der Waals surface area contributed by atoms with Crippen LogP contribution in [0.4, 0.5) is 0 Å². The fourth-order valence-electron chi connectivity index (χ4n) is 2.31. The van der Waals surface area contributed by atoms with Gasteiger partial charge in [-0.25, -0.2) is 0 Å². The van der Waals surface area contributed by atoms with Gasteiger partial charge in [0.05, 0.1) is 5.56 Å². The second-order valence-electron chi connectivity index (χ2n) is 4.36. The first kappa shape index (κ1) is 13.9. The van der Waals surface area contributed by atoms with E-state index in [1.54, 1.807) is 18.5 Å². The topological polar surface area (TPSA) is 42.0 Å². The van der Waals surface area contributed by atoms with Crippen molar-refractivity contribution in [2.45, 2.75) is 37.5 Å². The molecular formula is C13H17BrN2OS. The number of rotatable bonds is 4. The first-order valence-corrected chi connectivity index (χ1v) is 8.08. The quantitative estimate of drug-likeness (QED) is 0.922. The van der Waals surface area contributed by atoms with E-state index in [9.17, 15) is 4.79 Å². The van der Waals surface area contributed by atoms with Crippen molar-refractivity contribution < 1.29 is 4.79 Å². The molecule has 1 aromatic rings. The molecule has 0 aliphatic heterocycles. The highest BCUT2D eigenvalue weighted by atomic mass is 79.9. The number of pyridine rings is 1. The van der Waals surface area contributed by atoms with Crippen LogP contribution in [0.25, 0.3) is 0 Å². The summed E-state index contributed by atoms with van der Waals surface area (Å²) in [5.41, 5.74) is 0.664. The number of carbonyl (C=O) groups is 1. The molecule has 2 unspecified atom stereocenters. The zero-order valence-electron chi connectivity index (χ0n) is 10.4. The van der Waals surface area contributed by atoms with E-state index in [4.69, 9.17) is 0 Å². The van der Waals surface area contributed by atoms with Crippen LogP contribution in [0.2, 0.25) is 0 Å². The van der Waals surface area contributed by atoms with Gasteiger partial charge in [-0.3, -0.25) is 9.78 Å². The van der Waals surface area contributed by atoms with Crippen LogP contribution in [-0.2, 0) is 0 Å². The van der Waals surface area contributed by atoms with E-state index in [0.29, 0.717) is 16.9 Å². The lowest BCUT2D eigenvalue weighted by molar-refractivity contribution is 0.0938. The number of carbonyl (C=O) groups excluding carboxylic acids is 1. The van der Waals surface area contributed by atoms with Crippen LogP contribution in [0.15, 0.2) is 22.9 Å². The smallest absolute Gasteiger partial charge is 0.252 e. The van der Waals surface area contributed by atoms with Gasteiger partial charge in [-0.15, -0.1) is 0 Å². The number of hydrogen-bond acceptors (Lipinski definition) is 3. The minimum absolute atomic E-state index is 0.00196. The molecule has 1 aliphatic rings. The lowest BCUT2D eigenvalue weighted by Crippen LogP contribution is -2.38. The Labute approximate surface area is 120 Å². The molecule has 5 heteroatoms. The second-order valence-corrected chi connectivity index (χ2v) is 6.73. The van der Waals surface area contributed by atoms with E-state index >= 15 is 0 Å². The number of nitrogens with one attached hydrogen (secondary N) is 1. The average molecular weight is 329 g/mol. The Morgan fingerprint density at radius 3 is 3.17 bits per heavy atom. The molecule has 1 heterocycles. The van der Waals surface area contributed by atoms with Gasteiger partial charge in [0.15, 0.2) is 0 Å². The summed E-state index contributed by atoms with van der Waals surface area (Å²) >= 11 is 5.31. The Morgan fingerprint density at radius 1 is 1.61 bits per heavy atom. The van der Waals surface area contributed by atoms with Crippen LogP contribution in [-0.4, -0.2) is 27.9 Å². The zero-order chi connectivity index (χ0) is 13.0. The Kier molecular flexibility index (Phi) is 5.06. The number of hydrogen-bond donors (Lipinski definition) is 1. The minimum Gasteiger partial charge on any atom is -0.348 e. The monoisotopic (exact) mass is 328 g/mol. The zero-order valence-corrected chi connectivity index (χ0v) is 12.8. The van der Waals surface area contributed by atoms with E-state index in [2.05, 4.69) is 33.2 Å². The van der Waals surface area contributed by atoms with E-state index < -0.39 is 0 Å². The highest BCUT2D eigenvalue weighted by Gasteiger charge is 2.28. The summed E-state index contributed by atoms with van der Waals surface area (Å²) in [6.07, 6.45) is 6.81. The molecule has 2 rings (SSSR count). The van der Waals surface area contributed by atoms with E-state index in [1.807, 2.05) is 11.8 Å². The second kappa shape index (κ2) is 6.57. The Morgan fingerprint density at radius 2 is 2.44 bits per heavy atom. The predicted octanol–water partition coefficient (Wildman–Crippen LogP) is 3.25. The van der Waals surface area contributed by atoms with Crippen molar-refractivity contribution in [2.75, 3.05) is 5.75 Å². The largest absolute Gasteiger partial charge is 0.348 e. The van der Waals surface area contributed by atoms with Crippen molar-refractivity contribution >= 4 is 33.6 Å². The molecule has 0 spiro atoms. The summed E-state index contributed by atoms with van der Waals surface area (Å²) in [6.45, 7) is 2.17. The summed E-state index contributed by atoms with van der Waals surface area (Å²) in [6, 6.07) is 2.05. The van der Waals surface area contributed by atoms with Gasteiger partial charge in [-0.1, -0.05) is 13.3 Å². The SMILES string of the molecule is CCSC1CCCC1NC(=O)c1ccncc1Br. The molecule has 0 saturated heterocycles. The molecular weight excluding hydrogens is 312 g/mol. The summed E-state index contributed by atoms with van der Waals surface area (Å²) in [7, 11) is 0. The van der Waals surface area contributed by atoms with E-state index in [-0.39, 0.29) is 5.91 Å². The summed E-state index contributed by atoms with van der Waals surface area (Å²) in [5.74, 6) is 1.11. The minimum atomic E-state index is -0.00196. The Bertz CT molecular complexity index is 427. The Balaban J connectivity index is 2.01. The first-order valence-electron chi connectivity index (χ1n) is 6.24. The maximum Gasteiger partial charge on any atom is 0.252 e. The molecule has 98 valence electrons. The van der Waals surface area contributed by atoms with Gasteiger partial charge in [0.2, 0.25) is 0 Å². The number of aromatic nitrogens is 1. The molecule has 18 heavy (non-hydrogen) atoms. The van der Waals surface area contributed by atoms with Gasteiger partial charge in [0.1, 0.15) is 0 Å². The van der Waals surface area contributed by atoms with Gasteiger partial charge in [-0.05, 0) is 40.6 Å². The highest BCUT2D eigenvalue weighted by molar-refractivity contribution is 9.10. The van der Waals surface area contributed by atoms with Crippen molar-refractivity contribution in [3.63, 3.8) is 0 Å². The van der Waals surface area contributed by atoms with Crippen LogP contribution < -0.4 is 5.32 Å². The number of halogens is 1. The van der Waals surface area contributed by atoms with Crippen molar-refractivity contribution in [2.24, 2.45) is 0 Å². The lowest BCUT2D eigenvalue weighted by atomic mass is 10.2. The molecule has 1 saturated carbocycles. The third-order valence-electron chi connectivity index (χ3n) is 3.17. The number of nitrogens with zero attached hydrogens (tertiary/aromatic N) is 1. The standard InChI is InChI=1S/C13H17BrN2OS/c1-2-18-12-5-3-4-11(12)16-13(17)9-6-7-15-8-10(9)14/h6-8,11-12H,2-5H2,1H3,(H,16,17). The number of thioether (sulfide) groups is 1. The molecule has 0 bridgehead atoms. The molecule has 0 radical (unpaired) electrons. The maximum atomic E-state index is 12.2. The maximum absolute atomic E-state index is 12.2. The predicted molar refractivity (Wildman–Crippen MR) is 79.0 cm³/mol. The van der Waals surface area contributed by atoms with Gasteiger partial charge < -0.3 is 5.32 Å². The summed E-state index contributed by atoms with van der Waals surface area (Å²) in [5, 5.41) is 3.72. The van der Waals surface area contributed by atoms with E-state index in [1.165, 1.54) is 12.8 Å². The first-order chi connectivity index (χ1) is 8.72. The van der Waals surface area contributed by atoms with Crippen molar-refractivity contribution in [3.05, 3.63) is 28.5 Å². The lowest BCUT2D eigenvalue weighted by Gasteiger charge is -2.20. The van der Waals surface area contributed by atoms with Crippen LogP contribution in [0.1, 0.15) is 36.5 Å². The number of amides is 1. The molecule has 1 aliphatic carbocycles. The van der Waals surface area contributed by atoms with Crippen molar-refractivity contribution in [3.8, 4) is 0 Å². The van der Waals surface area contributed by atoms with Gasteiger partial charge >= 0.3 is 0 Å². The normalized spacial score (nSPS) is 23.0. The summed E-state index contributed by atoms with van der Waals surface area (Å²) < 4.78 is 0.750. The molecule has 2 atom stereocenters. The highest BCUT2D eigenvalue weighted by Crippen LogP contribution is 2.30. The fourth-order valence-corrected chi connectivity index (χ4v) is 3.94. The molecule has 3 nitrogen and oxygen atoms in total. The van der Waals surface area contributed by atoms with Gasteiger partial charge in [0, 0.05) is 28.2 Å². The van der Waals surface area contributed by atoms with Gasteiger partial charge in [-0.2, -0.15) is 11.8 Å². The van der Waals surface area contributed by atoms with Crippen LogP contribution in [0.5, 0.6) is 0 Å². The third kappa shape index (κ3) is 3.26. The van der Waals surface area contributed by atoms with E-state index in [0.717, 1.165) is 16.6 Å². The molecule has 1 fully saturated rings.